The van der Waals surface area contributed by atoms with E-state index in [9.17, 15) is 0 Å². The summed E-state index contributed by atoms with van der Waals surface area (Å²) < 4.78 is 0. The van der Waals surface area contributed by atoms with Gasteiger partial charge in [-0.1, -0.05) is 0 Å². The lowest BCUT2D eigenvalue weighted by Crippen LogP contribution is -1.97. The summed E-state index contributed by atoms with van der Waals surface area (Å²) in [5.41, 5.74) is 8.71. The highest BCUT2D eigenvalue weighted by molar-refractivity contribution is 5.75. The first-order chi connectivity index (χ1) is 7.84. The molecule has 1 aliphatic rings. The molecule has 0 saturated carbocycles. The van der Waals surface area contributed by atoms with Crippen LogP contribution in [0.4, 0.5) is 11.8 Å². The Bertz CT molecular complexity index is 555. The molecule has 16 heavy (non-hydrogen) atoms. The molecule has 5 heteroatoms. The van der Waals surface area contributed by atoms with Gasteiger partial charge >= 0.3 is 0 Å². The first-order valence-corrected chi connectivity index (χ1v) is 5.16. The van der Waals surface area contributed by atoms with Gasteiger partial charge in [0, 0.05) is 29.7 Å². The minimum Gasteiger partial charge on any atom is -0.368 e. The highest BCUT2D eigenvalue weighted by Gasteiger charge is 2.15. The lowest BCUT2D eigenvalue weighted by atomic mass is 10.0. The Kier molecular flexibility index (Phi) is 1.96. The molecule has 0 aliphatic carbocycles. The fourth-order valence-corrected chi connectivity index (χ4v) is 1.93. The van der Waals surface area contributed by atoms with E-state index in [0.29, 0.717) is 5.95 Å². The highest BCUT2D eigenvalue weighted by Crippen LogP contribution is 2.32. The summed E-state index contributed by atoms with van der Waals surface area (Å²) in [4.78, 5) is 15.6. The van der Waals surface area contributed by atoms with Gasteiger partial charge in [0.2, 0.25) is 5.95 Å². The minimum atomic E-state index is 0.298. The van der Waals surface area contributed by atoms with Crippen LogP contribution in [0.1, 0.15) is 12.0 Å². The molecule has 0 aromatic carbocycles. The molecule has 0 radical (unpaired) electrons. The van der Waals surface area contributed by atoms with Gasteiger partial charge in [-0.3, -0.25) is 0 Å². The maximum Gasteiger partial charge on any atom is 0.220 e. The Labute approximate surface area is 92.5 Å². The number of H-pyrrole nitrogens is 1. The summed E-state index contributed by atoms with van der Waals surface area (Å²) in [6.45, 7) is 0. The van der Waals surface area contributed by atoms with Crippen molar-refractivity contribution in [1.82, 2.24) is 15.0 Å². The molecule has 0 bridgehead atoms. The molecule has 0 unspecified atom stereocenters. The molecule has 0 amide bonds. The molecule has 3 heterocycles. The van der Waals surface area contributed by atoms with E-state index in [2.05, 4.69) is 19.9 Å². The van der Waals surface area contributed by atoms with Crippen molar-refractivity contribution in [3.63, 3.8) is 0 Å². The van der Waals surface area contributed by atoms with Crippen LogP contribution in [-0.4, -0.2) is 21.2 Å². The van der Waals surface area contributed by atoms with Crippen molar-refractivity contribution in [3.05, 3.63) is 24.0 Å². The third kappa shape index (κ3) is 1.37. The second-order valence-electron chi connectivity index (χ2n) is 3.68. The topological polar surface area (TPSA) is 80.0 Å². The van der Waals surface area contributed by atoms with Crippen LogP contribution in [0.5, 0.6) is 0 Å². The fraction of sp³-hybridized carbons (Fsp3) is 0.182. The van der Waals surface area contributed by atoms with Crippen molar-refractivity contribution in [2.45, 2.75) is 12.8 Å². The second-order valence-corrected chi connectivity index (χ2v) is 3.68. The van der Waals surface area contributed by atoms with Crippen LogP contribution in [0.15, 0.2) is 23.5 Å². The predicted molar refractivity (Wildman–Crippen MR) is 62.7 cm³/mol. The maximum atomic E-state index is 5.58. The second kappa shape index (κ2) is 3.44. The van der Waals surface area contributed by atoms with Crippen molar-refractivity contribution < 1.29 is 0 Å². The molecule has 2 aromatic heterocycles. The Morgan fingerprint density at radius 2 is 2.31 bits per heavy atom. The SMILES string of the molecule is Nc1nccc(-c2c[nH]c3c2CCC=N3)n1. The average Bonchev–Trinajstić information content (AvgIpc) is 2.72. The zero-order valence-corrected chi connectivity index (χ0v) is 8.64. The van der Waals surface area contributed by atoms with E-state index in [1.165, 1.54) is 5.56 Å². The Morgan fingerprint density at radius 1 is 1.38 bits per heavy atom. The lowest BCUT2D eigenvalue weighted by Gasteiger charge is -2.06. The quantitative estimate of drug-likeness (QED) is 0.756. The van der Waals surface area contributed by atoms with Gasteiger partial charge in [-0.05, 0) is 18.9 Å². The largest absolute Gasteiger partial charge is 0.368 e. The number of nitrogen functional groups attached to an aromatic ring is 1. The van der Waals surface area contributed by atoms with Crippen molar-refractivity contribution in [3.8, 4) is 11.3 Å². The number of nitrogens with one attached hydrogen (secondary N) is 1. The number of nitrogens with two attached hydrogens (primary N) is 1. The smallest absolute Gasteiger partial charge is 0.220 e. The monoisotopic (exact) mass is 213 g/mol. The number of hydrogen-bond acceptors (Lipinski definition) is 4. The number of rotatable bonds is 1. The summed E-state index contributed by atoms with van der Waals surface area (Å²) in [7, 11) is 0. The molecule has 0 saturated heterocycles. The van der Waals surface area contributed by atoms with E-state index in [0.717, 1.165) is 29.9 Å². The molecular weight excluding hydrogens is 202 g/mol. The summed E-state index contributed by atoms with van der Waals surface area (Å²) in [6.07, 6.45) is 7.48. The van der Waals surface area contributed by atoms with E-state index in [1.807, 2.05) is 18.5 Å². The van der Waals surface area contributed by atoms with Crippen LogP contribution in [0.2, 0.25) is 0 Å². The molecule has 1 aliphatic heterocycles. The molecule has 0 atom stereocenters. The third-order valence-electron chi connectivity index (χ3n) is 2.66. The Hall–Kier alpha value is -2.17. The van der Waals surface area contributed by atoms with Crippen LogP contribution in [0, 0.1) is 0 Å². The van der Waals surface area contributed by atoms with Gasteiger partial charge in [-0.15, -0.1) is 0 Å². The first kappa shape index (κ1) is 9.08. The molecule has 3 rings (SSSR count). The lowest BCUT2D eigenvalue weighted by molar-refractivity contribution is 1.03. The van der Waals surface area contributed by atoms with Gasteiger partial charge in [0.05, 0.1) is 5.69 Å². The third-order valence-corrected chi connectivity index (χ3v) is 2.66. The predicted octanol–water partition coefficient (Wildman–Crippen LogP) is 1.70. The van der Waals surface area contributed by atoms with Crippen molar-refractivity contribution in [2.24, 2.45) is 4.99 Å². The molecule has 5 nitrogen and oxygen atoms in total. The molecule has 80 valence electrons. The maximum absolute atomic E-state index is 5.58. The number of aliphatic imine (C=N–C) groups is 1. The standard InChI is InChI=1S/C11H11N5/c12-11-14-5-3-9(16-11)8-6-15-10-7(8)2-1-4-13-10/h3-6,15H,1-2H2,(H2,12,14,16). The number of fused-ring (bicyclic) bond motifs is 1. The van der Waals surface area contributed by atoms with E-state index in [-0.39, 0.29) is 0 Å². The molecule has 3 N–H and O–H groups in total. The minimum absolute atomic E-state index is 0.298. The van der Waals surface area contributed by atoms with E-state index >= 15 is 0 Å². The number of anilines is 1. The number of hydrogen-bond donors (Lipinski definition) is 2. The molecule has 0 fully saturated rings. The number of aromatic nitrogens is 3. The van der Waals surface area contributed by atoms with Crippen LogP contribution in [-0.2, 0) is 6.42 Å². The van der Waals surface area contributed by atoms with E-state index < -0.39 is 0 Å². The molecule has 2 aromatic rings. The zero-order chi connectivity index (χ0) is 11.0. The molecular formula is C11H11N5. The summed E-state index contributed by atoms with van der Waals surface area (Å²) >= 11 is 0. The first-order valence-electron chi connectivity index (χ1n) is 5.16. The zero-order valence-electron chi connectivity index (χ0n) is 8.64. The Balaban J connectivity index is 2.14. The summed E-state index contributed by atoms with van der Waals surface area (Å²) in [6, 6.07) is 1.86. The van der Waals surface area contributed by atoms with Gasteiger partial charge in [0.25, 0.3) is 0 Å². The van der Waals surface area contributed by atoms with Crippen LogP contribution in [0.25, 0.3) is 11.3 Å². The summed E-state index contributed by atoms with van der Waals surface area (Å²) in [5, 5.41) is 0. The van der Waals surface area contributed by atoms with Gasteiger partial charge in [-0.25, -0.2) is 15.0 Å². The normalized spacial score (nSPS) is 13.8. The Morgan fingerprint density at radius 3 is 3.19 bits per heavy atom. The fourth-order valence-electron chi connectivity index (χ4n) is 1.93. The van der Waals surface area contributed by atoms with E-state index in [1.54, 1.807) is 6.20 Å². The van der Waals surface area contributed by atoms with Crippen molar-refractivity contribution >= 4 is 18.0 Å². The number of aromatic amines is 1. The summed E-state index contributed by atoms with van der Waals surface area (Å²) in [5.74, 6) is 1.23. The average molecular weight is 213 g/mol. The van der Waals surface area contributed by atoms with Gasteiger partial charge < -0.3 is 10.7 Å². The number of nitrogens with zero attached hydrogens (tertiary/aromatic N) is 3. The van der Waals surface area contributed by atoms with E-state index in [4.69, 9.17) is 5.73 Å². The van der Waals surface area contributed by atoms with Crippen molar-refractivity contribution in [1.29, 1.82) is 0 Å². The van der Waals surface area contributed by atoms with Crippen LogP contribution >= 0.6 is 0 Å². The molecule has 0 spiro atoms. The van der Waals surface area contributed by atoms with Gasteiger partial charge in [0.15, 0.2) is 0 Å². The van der Waals surface area contributed by atoms with Crippen LogP contribution in [0.3, 0.4) is 0 Å². The van der Waals surface area contributed by atoms with Crippen LogP contribution < -0.4 is 5.73 Å². The van der Waals surface area contributed by atoms with Gasteiger partial charge in [0.1, 0.15) is 5.82 Å². The van der Waals surface area contributed by atoms with Gasteiger partial charge in [-0.2, -0.15) is 0 Å². The van der Waals surface area contributed by atoms with Crippen molar-refractivity contribution in [2.75, 3.05) is 5.73 Å². The highest BCUT2D eigenvalue weighted by atomic mass is 15.0.